The molecule has 0 aliphatic rings. The number of nitrogens with zero attached hydrogens (tertiary/aromatic N) is 7. The quantitative estimate of drug-likeness (QED) is 0.501. The Morgan fingerprint density at radius 3 is 2.54 bits per heavy atom. The lowest BCUT2D eigenvalue weighted by Crippen LogP contribution is -2.16. The number of aryl methyl sites for hydroxylation is 2. The third kappa shape index (κ3) is 2.88. The van der Waals surface area contributed by atoms with E-state index in [-0.39, 0.29) is 4.90 Å². The smallest absolute Gasteiger partial charge is 0.300 e. The van der Waals surface area contributed by atoms with E-state index in [4.69, 9.17) is 5.73 Å². The number of hydrogen-bond donors (Lipinski definition) is 1. The first-order valence-electron chi connectivity index (χ1n) is 7.72. The molecule has 11 heteroatoms. The monoisotopic (exact) mass is 370 g/mol. The number of rotatable bonds is 5. The van der Waals surface area contributed by atoms with Gasteiger partial charge in [0.15, 0.2) is 5.82 Å². The van der Waals surface area contributed by atoms with Crippen LogP contribution >= 0.6 is 0 Å². The normalized spacial score (nSPS) is 11.8. The van der Waals surface area contributed by atoms with Crippen molar-refractivity contribution in [3.05, 3.63) is 54.4 Å². The van der Waals surface area contributed by atoms with Crippen LogP contribution in [0.15, 0.2) is 53.4 Å². The highest BCUT2D eigenvalue weighted by molar-refractivity contribution is 7.89. The molecule has 0 spiro atoms. The average Bonchev–Trinajstić information content (AvgIpc) is 3.28. The molecule has 0 fully saturated rings. The van der Waals surface area contributed by atoms with Crippen LogP contribution in [0.2, 0.25) is 0 Å². The van der Waals surface area contributed by atoms with Gasteiger partial charge >= 0.3 is 10.0 Å². The maximum Gasteiger partial charge on any atom is 0.300 e. The van der Waals surface area contributed by atoms with Gasteiger partial charge in [0.2, 0.25) is 0 Å². The van der Waals surface area contributed by atoms with E-state index in [1.807, 2.05) is 24.3 Å². The summed E-state index contributed by atoms with van der Waals surface area (Å²) in [5, 5.41) is 19.6. The molecule has 0 saturated heterocycles. The lowest BCUT2D eigenvalue weighted by molar-refractivity contribution is 0.564. The summed E-state index contributed by atoms with van der Waals surface area (Å²) in [6.45, 7) is 0.453. The van der Waals surface area contributed by atoms with Crippen molar-refractivity contribution in [3.8, 4) is 0 Å². The fourth-order valence-corrected chi connectivity index (χ4v) is 3.46. The van der Waals surface area contributed by atoms with Crippen LogP contribution in [0, 0.1) is 0 Å². The molecule has 0 amide bonds. The van der Waals surface area contributed by atoms with Gasteiger partial charge in [0.05, 0.1) is 17.0 Å². The summed E-state index contributed by atoms with van der Waals surface area (Å²) in [5.41, 5.74) is 7.72. The van der Waals surface area contributed by atoms with Gasteiger partial charge in [0.25, 0.3) is 0 Å². The van der Waals surface area contributed by atoms with Crippen LogP contribution in [0.3, 0.4) is 0 Å². The Morgan fingerprint density at radius 2 is 1.73 bits per heavy atom. The number of aromatic nitrogens is 7. The highest BCUT2D eigenvalue weighted by Gasteiger charge is 2.20. The molecule has 4 rings (SSSR count). The molecule has 0 radical (unpaired) electrons. The molecule has 0 atom stereocenters. The molecule has 0 bridgehead atoms. The van der Waals surface area contributed by atoms with Gasteiger partial charge in [0.1, 0.15) is 5.52 Å². The van der Waals surface area contributed by atoms with Crippen LogP contribution in [0.5, 0.6) is 0 Å². The number of hydrogen-bond acceptors (Lipinski definition) is 8. The molecule has 0 aliphatic carbocycles. The van der Waals surface area contributed by atoms with E-state index in [2.05, 4.69) is 25.7 Å². The summed E-state index contributed by atoms with van der Waals surface area (Å²) < 4.78 is 27.3. The maximum absolute atomic E-state index is 12.5. The molecule has 2 N–H and O–H groups in total. The van der Waals surface area contributed by atoms with Crippen molar-refractivity contribution < 1.29 is 8.42 Å². The molecule has 0 aliphatic heterocycles. The molecular formula is C15H14N8O2S. The Morgan fingerprint density at radius 1 is 0.962 bits per heavy atom. The minimum absolute atomic E-state index is 0.0397. The summed E-state index contributed by atoms with van der Waals surface area (Å²) in [4.78, 5) is 0.0397. The highest BCUT2D eigenvalue weighted by Crippen LogP contribution is 2.14. The van der Waals surface area contributed by atoms with Crippen LogP contribution in [0.4, 0.5) is 5.69 Å². The van der Waals surface area contributed by atoms with Gasteiger partial charge in [-0.15, -0.1) is 15.3 Å². The zero-order valence-corrected chi connectivity index (χ0v) is 14.3. The maximum atomic E-state index is 12.5. The third-order valence-electron chi connectivity index (χ3n) is 3.80. The number of fused-ring (bicyclic) bond motifs is 1. The zero-order chi connectivity index (χ0) is 18.1. The lowest BCUT2D eigenvalue weighted by atomic mass is 10.3. The first-order chi connectivity index (χ1) is 12.5. The van der Waals surface area contributed by atoms with Crippen molar-refractivity contribution in [1.82, 2.24) is 34.6 Å². The van der Waals surface area contributed by atoms with Gasteiger partial charge in [-0.1, -0.05) is 17.3 Å². The van der Waals surface area contributed by atoms with Gasteiger partial charge < -0.3 is 5.73 Å². The summed E-state index contributed by atoms with van der Waals surface area (Å²) in [6, 6.07) is 13.4. The molecule has 2 aromatic heterocycles. The van der Waals surface area contributed by atoms with E-state index in [1.54, 1.807) is 4.68 Å². The van der Waals surface area contributed by atoms with Gasteiger partial charge in [-0.05, 0) is 45.8 Å². The van der Waals surface area contributed by atoms with Crippen molar-refractivity contribution in [1.29, 1.82) is 0 Å². The number of para-hydroxylation sites is 1. The molecule has 4 aromatic rings. The van der Waals surface area contributed by atoms with E-state index >= 15 is 0 Å². The second kappa shape index (κ2) is 6.19. The molecule has 26 heavy (non-hydrogen) atoms. The Kier molecular flexibility index (Phi) is 3.84. The Balaban J connectivity index is 1.53. The largest absolute Gasteiger partial charge is 0.399 e. The first kappa shape index (κ1) is 16.1. The van der Waals surface area contributed by atoms with Crippen molar-refractivity contribution in [2.45, 2.75) is 17.9 Å². The van der Waals surface area contributed by atoms with Gasteiger partial charge in [0, 0.05) is 12.1 Å². The SMILES string of the molecule is Nc1ccc(S(=O)(=O)n2nnc(CCn3nnc4ccccc43)n2)cc1. The van der Waals surface area contributed by atoms with Crippen molar-refractivity contribution in [2.75, 3.05) is 5.73 Å². The van der Waals surface area contributed by atoms with Crippen LogP contribution in [-0.2, 0) is 23.0 Å². The molecule has 10 nitrogen and oxygen atoms in total. The zero-order valence-electron chi connectivity index (χ0n) is 13.5. The van der Waals surface area contributed by atoms with Crippen LogP contribution in [-0.4, -0.2) is 43.0 Å². The highest BCUT2D eigenvalue weighted by atomic mass is 32.2. The van der Waals surface area contributed by atoms with E-state index in [1.165, 1.54) is 24.3 Å². The number of nitrogen functional groups attached to an aromatic ring is 1. The van der Waals surface area contributed by atoms with Crippen LogP contribution in [0.1, 0.15) is 5.82 Å². The second-order valence-corrected chi connectivity index (χ2v) is 7.30. The molecule has 2 heterocycles. The Labute approximate surface area is 148 Å². The van der Waals surface area contributed by atoms with E-state index in [0.717, 1.165) is 11.0 Å². The predicted octanol–water partition coefficient (Wildman–Crippen LogP) is 0.480. The average molecular weight is 370 g/mol. The Hall–Kier alpha value is -3.34. The fourth-order valence-electron chi connectivity index (χ4n) is 2.45. The van der Waals surface area contributed by atoms with Crippen molar-refractivity contribution in [2.24, 2.45) is 0 Å². The number of anilines is 1. The van der Waals surface area contributed by atoms with Crippen LogP contribution in [0.25, 0.3) is 11.0 Å². The predicted molar refractivity (Wildman–Crippen MR) is 92.5 cm³/mol. The number of nitrogens with two attached hydrogens (primary N) is 1. The van der Waals surface area contributed by atoms with Crippen molar-refractivity contribution >= 4 is 26.7 Å². The van der Waals surface area contributed by atoms with E-state index < -0.39 is 10.0 Å². The Bertz CT molecular complexity index is 1160. The van der Waals surface area contributed by atoms with Gasteiger partial charge in [-0.25, -0.2) is 4.68 Å². The van der Waals surface area contributed by atoms with Crippen molar-refractivity contribution in [3.63, 3.8) is 0 Å². The lowest BCUT2D eigenvalue weighted by Gasteiger charge is -2.02. The standard InChI is InChI=1S/C15H14N8O2S/c16-11-5-7-12(8-6-11)26(24,25)23-19-15(18-21-23)9-10-22-14-4-2-1-3-13(14)17-20-22/h1-8H,9-10,16H2. The second-order valence-electron chi connectivity index (χ2n) is 5.55. The van der Waals surface area contributed by atoms with E-state index in [9.17, 15) is 8.42 Å². The number of benzene rings is 2. The third-order valence-corrected chi connectivity index (χ3v) is 5.25. The van der Waals surface area contributed by atoms with Gasteiger partial charge in [-0.3, -0.25) is 0 Å². The first-order valence-corrected chi connectivity index (χ1v) is 9.16. The molecular weight excluding hydrogens is 356 g/mol. The molecule has 0 unspecified atom stereocenters. The van der Waals surface area contributed by atoms with E-state index in [0.29, 0.717) is 28.7 Å². The summed E-state index contributed by atoms with van der Waals surface area (Å²) in [7, 11) is -3.90. The van der Waals surface area contributed by atoms with Crippen LogP contribution < -0.4 is 5.73 Å². The molecule has 132 valence electrons. The topological polar surface area (TPSA) is 134 Å². The summed E-state index contributed by atoms with van der Waals surface area (Å²) in [6.07, 6.45) is 0.366. The number of tetrazole rings is 1. The summed E-state index contributed by atoms with van der Waals surface area (Å²) >= 11 is 0. The fraction of sp³-hybridized carbons (Fsp3) is 0.133. The minimum Gasteiger partial charge on any atom is -0.399 e. The summed E-state index contributed by atoms with van der Waals surface area (Å²) in [5.74, 6) is 0.295. The molecule has 2 aromatic carbocycles. The van der Waals surface area contributed by atoms with Gasteiger partial charge in [-0.2, -0.15) is 8.42 Å². The molecule has 0 saturated carbocycles. The minimum atomic E-state index is -3.90.